The Hall–Kier alpha value is -1.02. The lowest BCUT2D eigenvalue weighted by molar-refractivity contribution is 0.506. The van der Waals surface area contributed by atoms with E-state index in [1.807, 2.05) is 12.1 Å². The van der Waals surface area contributed by atoms with E-state index >= 15 is 0 Å². The van der Waals surface area contributed by atoms with Crippen LogP contribution in [0.15, 0.2) is 44.6 Å². The van der Waals surface area contributed by atoms with Gasteiger partial charge in [-0.05, 0) is 47.9 Å². The molecule has 2 rings (SSSR count). The Bertz CT molecular complexity index is 526. The molecule has 22 heavy (non-hydrogen) atoms. The monoisotopic (exact) mass is 433 g/mol. The molecule has 0 saturated heterocycles. The number of furan rings is 1. The summed E-state index contributed by atoms with van der Waals surface area (Å²) in [5.74, 6) is 1.85. The van der Waals surface area contributed by atoms with Gasteiger partial charge < -0.3 is 15.1 Å². The average molecular weight is 433 g/mol. The zero-order valence-electron chi connectivity index (χ0n) is 13.0. The molecule has 0 aromatic carbocycles. The fourth-order valence-electron chi connectivity index (χ4n) is 1.80. The van der Waals surface area contributed by atoms with E-state index in [0.29, 0.717) is 12.6 Å². The van der Waals surface area contributed by atoms with Gasteiger partial charge in [-0.15, -0.1) is 24.0 Å². The summed E-state index contributed by atoms with van der Waals surface area (Å²) in [5, 5.41) is 11.0. The van der Waals surface area contributed by atoms with Crippen molar-refractivity contribution in [3.8, 4) is 0 Å². The van der Waals surface area contributed by atoms with Gasteiger partial charge in [0.25, 0.3) is 0 Å². The highest BCUT2D eigenvalue weighted by Crippen LogP contribution is 2.07. The zero-order chi connectivity index (χ0) is 14.9. The molecule has 0 aliphatic rings. The van der Waals surface area contributed by atoms with Gasteiger partial charge in [0, 0.05) is 19.0 Å². The van der Waals surface area contributed by atoms with Crippen LogP contribution in [0.4, 0.5) is 0 Å². The normalized spacial score (nSPS) is 12.5. The molecule has 0 spiro atoms. The minimum Gasteiger partial charge on any atom is -0.469 e. The summed E-state index contributed by atoms with van der Waals surface area (Å²) < 4.78 is 5.34. The predicted octanol–water partition coefficient (Wildman–Crippen LogP) is 4.04. The van der Waals surface area contributed by atoms with Crippen molar-refractivity contribution in [1.29, 1.82) is 0 Å². The number of halogens is 1. The highest BCUT2D eigenvalue weighted by Gasteiger charge is 2.04. The number of rotatable bonds is 7. The topological polar surface area (TPSA) is 49.6 Å². The molecule has 1 atom stereocenters. The minimum absolute atomic E-state index is 0. The average Bonchev–Trinajstić information content (AvgIpc) is 3.17. The molecule has 0 fully saturated rings. The summed E-state index contributed by atoms with van der Waals surface area (Å²) in [7, 11) is 0. The van der Waals surface area contributed by atoms with Gasteiger partial charge in [-0.1, -0.05) is 6.92 Å². The van der Waals surface area contributed by atoms with Crippen LogP contribution < -0.4 is 10.6 Å². The van der Waals surface area contributed by atoms with Gasteiger partial charge in [-0.2, -0.15) is 11.3 Å². The van der Waals surface area contributed by atoms with Gasteiger partial charge in [0.15, 0.2) is 5.96 Å². The molecule has 2 N–H and O–H groups in total. The molecule has 0 aliphatic heterocycles. The van der Waals surface area contributed by atoms with Gasteiger partial charge in [-0.3, -0.25) is 0 Å². The number of aliphatic imine (C=N–C) groups is 1. The molecule has 0 aliphatic carbocycles. The third-order valence-electron chi connectivity index (χ3n) is 3.24. The standard InChI is InChI=1S/C16H23N3OS.HI/c1-3-13(2)19-16(18-11-14-7-10-21-12-14)17-8-6-15-5-4-9-20-15;/h4-5,7,9-10,12-13H,3,6,8,11H2,1-2H3,(H2,17,18,19);1H. The molecule has 2 aromatic heterocycles. The minimum atomic E-state index is 0. The largest absolute Gasteiger partial charge is 0.469 e. The molecule has 6 heteroatoms. The first kappa shape index (κ1) is 19.0. The van der Waals surface area contributed by atoms with Crippen LogP contribution in [0.25, 0.3) is 0 Å². The number of hydrogen-bond acceptors (Lipinski definition) is 3. The summed E-state index contributed by atoms with van der Waals surface area (Å²) in [6.45, 7) is 5.83. The molecule has 0 saturated carbocycles. The van der Waals surface area contributed by atoms with Crippen LogP contribution in [0.2, 0.25) is 0 Å². The summed E-state index contributed by atoms with van der Waals surface area (Å²) in [6, 6.07) is 6.42. The summed E-state index contributed by atoms with van der Waals surface area (Å²) in [6.07, 6.45) is 3.63. The van der Waals surface area contributed by atoms with Gasteiger partial charge >= 0.3 is 0 Å². The van der Waals surface area contributed by atoms with E-state index < -0.39 is 0 Å². The molecule has 2 aromatic rings. The molecule has 4 nitrogen and oxygen atoms in total. The molecule has 1 unspecified atom stereocenters. The SMILES string of the molecule is CCC(C)NC(=NCc1ccsc1)NCCc1ccco1.I. The van der Waals surface area contributed by atoms with E-state index in [0.717, 1.165) is 31.1 Å². The molecule has 122 valence electrons. The Morgan fingerprint density at radius 1 is 1.41 bits per heavy atom. The van der Waals surface area contributed by atoms with Gasteiger partial charge in [0.2, 0.25) is 0 Å². The van der Waals surface area contributed by atoms with Gasteiger partial charge in [0.05, 0.1) is 12.8 Å². The first-order valence-corrected chi connectivity index (χ1v) is 8.30. The second-order valence-electron chi connectivity index (χ2n) is 5.01. The van der Waals surface area contributed by atoms with E-state index in [1.54, 1.807) is 17.6 Å². The summed E-state index contributed by atoms with van der Waals surface area (Å²) >= 11 is 1.70. The van der Waals surface area contributed by atoms with Crippen molar-refractivity contribution >= 4 is 41.3 Å². The van der Waals surface area contributed by atoms with Crippen molar-refractivity contribution in [2.24, 2.45) is 4.99 Å². The van der Waals surface area contributed by atoms with E-state index in [2.05, 4.69) is 46.3 Å². The van der Waals surface area contributed by atoms with Crippen LogP contribution in [0.3, 0.4) is 0 Å². The summed E-state index contributed by atoms with van der Waals surface area (Å²) in [4.78, 5) is 4.64. The van der Waals surface area contributed by atoms with Gasteiger partial charge in [0.1, 0.15) is 5.76 Å². The quantitative estimate of drug-likeness (QED) is 0.394. The van der Waals surface area contributed by atoms with Crippen molar-refractivity contribution in [2.45, 2.75) is 39.3 Å². The zero-order valence-corrected chi connectivity index (χ0v) is 16.2. The smallest absolute Gasteiger partial charge is 0.191 e. The number of thiophene rings is 1. The number of nitrogens with zero attached hydrogens (tertiary/aromatic N) is 1. The van der Waals surface area contributed by atoms with Crippen molar-refractivity contribution in [1.82, 2.24) is 10.6 Å². The Morgan fingerprint density at radius 2 is 2.27 bits per heavy atom. The van der Waals surface area contributed by atoms with Crippen molar-refractivity contribution in [2.75, 3.05) is 6.54 Å². The Kier molecular flexibility index (Phi) is 9.22. The first-order chi connectivity index (χ1) is 10.3. The second kappa shape index (κ2) is 10.7. The number of hydrogen-bond donors (Lipinski definition) is 2. The first-order valence-electron chi connectivity index (χ1n) is 7.36. The number of guanidine groups is 1. The van der Waals surface area contributed by atoms with E-state index in [4.69, 9.17) is 4.42 Å². The summed E-state index contributed by atoms with van der Waals surface area (Å²) in [5.41, 5.74) is 1.25. The lowest BCUT2D eigenvalue weighted by Crippen LogP contribution is -2.42. The molecule has 0 amide bonds. The molecule has 0 bridgehead atoms. The Labute approximate surface area is 153 Å². The van der Waals surface area contributed by atoms with Crippen LogP contribution in [0, 0.1) is 0 Å². The maximum atomic E-state index is 5.34. The molecular weight excluding hydrogens is 409 g/mol. The van der Waals surface area contributed by atoms with Crippen molar-refractivity contribution in [3.05, 3.63) is 46.5 Å². The lowest BCUT2D eigenvalue weighted by atomic mass is 10.3. The van der Waals surface area contributed by atoms with E-state index in [-0.39, 0.29) is 24.0 Å². The fraction of sp³-hybridized carbons (Fsp3) is 0.438. The second-order valence-corrected chi connectivity index (χ2v) is 5.79. The third-order valence-corrected chi connectivity index (χ3v) is 3.97. The highest BCUT2D eigenvalue weighted by molar-refractivity contribution is 14.0. The number of nitrogens with one attached hydrogen (secondary N) is 2. The van der Waals surface area contributed by atoms with Gasteiger partial charge in [-0.25, -0.2) is 4.99 Å². The Morgan fingerprint density at radius 3 is 2.91 bits per heavy atom. The third kappa shape index (κ3) is 6.83. The van der Waals surface area contributed by atoms with Crippen LogP contribution >= 0.6 is 35.3 Å². The fourth-order valence-corrected chi connectivity index (χ4v) is 2.46. The predicted molar refractivity (Wildman–Crippen MR) is 104 cm³/mol. The van der Waals surface area contributed by atoms with E-state index in [9.17, 15) is 0 Å². The van der Waals surface area contributed by atoms with Crippen LogP contribution in [-0.2, 0) is 13.0 Å². The highest BCUT2D eigenvalue weighted by atomic mass is 127. The van der Waals surface area contributed by atoms with Crippen molar-refractivity contribution in [3.63, 3.8) is 0 Å². The van der Waals surface area contributed by atoms with Crippen LogP contribution in [0.1, 0.15) is 31.6 Å². The van der Waals surface area contributed by atoms with Crippen LogP contribution in [-0.4, -0.2) is 18.5 Å². The Balaban J connectivity index is 0.00000242. The van der Waals surface area contributed by atoms with Crippen LogP contribution in [0.5, 0.6) is 0 Å². The molecular formula is C16H24IN3OS. The maximum absolute atomic E-state index is 5.34. The lowest BCUT2D eigenvalue weighted by Gasteiger charge is -2.16. The van der Waals surface area contributed by atoms with E-state index in [1.165, 1.54) is 5.56 Å². The maximum Gasteiger partial charge on any atom is 0.191 e. The molecule has 2 heterocycles. The molecule has 0 radical (unpaired) electrons. The van der Waals surface area contributed by atoms with Crippen molar-refractivity contribution < 1.29 is 4.42 Å².